The molecule has 3 nitrogen and oxygen atoms in total. The average Bonchev–Trinajstić information content (AvgIpc) is 2.76. The molecule has 5 rings (SSSR count). The third-order valence-corrected chi connectivity index (χ3v) is 7.23. The van der Waals surface area contributed by atoms with Gasteiger partial charge in [-0.1, -0.05) is 36.8 Å². The molecule has 1 aromatic rings. The SMILES string of the molecule is O=C1[C@@H]2[C@@H]3C[C@H](C4CCC4)/C=C/CCC3[C@@H]2C(=O)N1c1ccccc1. The number of hydrogen-bond donors (Lipinski definition) is 0. The summed E-state index contributed by atoms with van der Waals surface area (Å²) >= 11 is 0. The maximum atomic E-state index is 13.1. The fourth-order valence-electron chi connectivity index (χ4n) is 5.72. The minimum atomic E-state index is -0.0637. The first-order valence-corrected chi connectivity index (χ1v) is 9.85. The lowest BCUT2D eigenvalue weighted by molar-refractivity contribution is -0.138. The van der Waals surface area contributed by atoms with Gasteiger partial charge in [0.25, 0.3) is 0 Å². The first-order chi connectivity index (χ1) is 12.3. The second-order valence-electron chi connectivity index (χ2n) is 8.32. The summed E-state index contributed by atoms with van der Waals surface area (Å²) in [6.07, 6.45) is 12.0. The van der Waals surface area contributed by atoms with Gasteiger partial charge in [-0.2, -0.15) is 0 Å². The highest BCUT2D eigenvalue weighted by Crippen LogP contribution is 2.58. The normalized spacial score (nSPS) is 38.9. The highest BCUT2D eigenvalue weighted by molar-refractivity contribution is 6.23. The number of para-hydroxylation sites is 1. The van der Waals surface area contributed by atoms with Crippen molar-refractivity contribution < 1.29 is 9.59 Å². The third kappa shape index (κ3) is 2.24. The summed E-state index contributed by atoms with van der Waals surface area (Å²) in [5.41, 5.74) is 0.743. The lowest BCUT2D eigenvalue weighted by Gasteiger charge is -2.49. The van der Waals surface area contributed by atoms with Crippen LogP contribution in [0.25, 0.3) is 0 Å². The number of allylic oxidation sites excluding steroid dienone is 2. The van der Waals surface area contributed by atoms with Crippen LogP contribution >= 0.6 is 0 Å². The van der Waals surface area contributed by atoms with E-state index in [1.807, 2.05) is 30.3 Å². The maximum Gasteiger partial charge on any atom is 0.237 e. The van der Waals surface area contributed by atoms with Crippen LogP contribution in [0.5, 0.6) is 0 Å². The molecule has 0 radical (unpaired) electrons. The Balaban J connectivity index is 1.43. The van der Waals surface area contributed by atoms with Crippen molar-refractivity contribution in [3.8, 4) is 0 Å². The predicted octanol–water partition coefficient (Wildman–Crippen LogP) is 4.19. The molecule has 4 aliphatic rings. The topological polar surface area (TPSA) is 37.4 Å². The van der Waals surface area contributed by atoms with Crippen molar-refractivity contribution in [2.45, 2.75) is 38.5 Å². The van der Waals surface area contributed by atoms with Gasteiger partial charge in [0.05, 0.1) is 17.5 Å². The van der Waals surface area contributed by atoms with Crippen molar-refractivity contribution in [2.75, 3.05) is 4.90 Å². The van der Waals surface area contributed by atoms with Gasteiger partial charge in [0.2, 0.25) is 11.8 Å². The summed E-state index contributed by atoms with van der Waals surface area (Å²) in [5, 5.41) is 0. The van der Waals surface area contributed by atoms with E-state index in [0.29, 0.717) is 17.8 Å². The Bertz CT molecular complexity index is 721. The molecule has 0 bridgehead atoms. The number of imide groups is 1. The van der Waals surface area contributed by atoms with Gasteiger partial charge in [-0.25, -0.2) is 0 Å². The Morgan fingerprint density at radius 2 is 1.60 bits per heavy atom. The smallest absolute Gasteiger partial charge is 0.237 e. The molecule has 130 valence electrons. The van der Waals surface area contributed by atoms with Crippen molar-refractivity contribution in [1.29, 1.82) is 0 Å². The van der Waals surface area contributed by atoms with Gasteiger partial charge in [0.1, 0.15) is 0 Å². The van der Waals surface area contributed by atoms with E-state index in [-0.39, 0.29) is 23.7 Å². The van der Waals surface area contributed by atoms with Crippen LogP contribution in [0, 0.1) is 35.5 Å². The van der Waals surface area contributed by atoms with Crippen molar-refractivity contribution >= 4 is 17.5 Å². The van der Waals surface area contributed by atoms with E-state index >= 15 is 0 Å². The number of carbonyl (C=O) groups excluding carboxylic acids is 2. The van der Waals surface area contributed by atoms with Crippen molar-refractivity contribution in [2.24, 2.45) is 35.5 Å². The molecule has 2 amide bonds. The summed E-state index contributed by atoms with van der Waals surface area (Å²) in [7, 11) is 0. The van der Waals surface area contributed by atoms with Crippen LogP contribution in [0.1, 0.15) is 38.5 Å². The number of rotatable bonds is 2. The summed E-state index contributed by atoms with van der Waals surface area (Å²) in [6, 6.07) is 9.47. The molecule has 1 aliphatic heterocycles. The van der Waals surface area contributed by atoms with E-state index in [9.17, 15) is 9.59 Å². The van der Waals surface area contributed by atoms with Gasteiger partial charge in [0.15, 0.2) is 0 Å². The molecule has 0 spiro atoms. The number of anilines is 1. The molecular weight excluding hydrogens is 310 g/mol. The Hall–Kier alpha value is -1.90. The van der Waals surface area contributed by atoms with E-state index < -0.39 is 0 Å². The fourth-order valence-corrected chi connectivity index (χ4v) is 5.72. The van der Waals surface area contributed by atoms with Crippen LogP contribution in [0.4, 0.5) is 5.69 Å². The van der Waals surface area contributed by atoms with Gasteiger partial charge in [-0.3, -0.25) is 14.5 Å². The molecule has 3 heteroatoms. The second-order valence-corrected chi connectivity index (χ2v) is 8.32. The summed E-state index contributed by atoms with van der Waals surface area (Å²) in [4.78, 5) is 27.6. The minimum Gasteiger partial charge on any atom is -0.274 e. The van der Waals surface area contributed by atoms with E-state index in [1.165, 1.54) is 24.2 Å². The molecule has 0 N–H and O–H groups in total. The highest BCUT2D eigenvalue weighted by Gasteiger charge is 2.64. The maximum absolute atomic E-state index is 13.1. The number of benzene rings is 1. The van der Waals surface area contributed by atoms with Crippen LogP contribution in [-0.4, -0.2) is 11.8 Å². The molecule has 3 aliphatic carbocycles. The fraction of sp³-hybridized carbons (Fsp3) is 0.545. The summed E-state index contributed by atoms with van der Waals surface area (Å²) < 4.78 is 0. The van der Waals surface area contributed by atoms with E-state index in [2.05, 4.69) is 12.2 Å². The molecule has 2 saturated carbocycles. The largest absolute Gasteiger partial charge is 0.274 e. The van der Waals surface area contributed by atoms with Crippen LogP contribution in [-0.2, 0) is 9.59 Å². The van der Waals surface area contributed by atoms with Gasteiger partial charge in [-0.05, 0) is 67.9 Å². The summed E-state index contributed by atoms with van der Waals surface area (Å²) in [6.45, 7) is 0. The number of hydrogen-bond acceptors (Lipinski definition) is 2. The molecule has 1 saturated heterocycles. The number of amides is 2. The van der Waals surface area contributed by atoms with Gasteiger partial charge in [-0.15, -0.1) is 0 Å². The van der Waals surface area contributed by atoms with E-state index in [1.54, 1.807) is 0 Å². The zero-order valence-electron chi connectivity index (χ0n) is 14.5. The van der Waals surface area contributed by atoms with Crippen LogP contribution in [0.2, 0.25) is 0 Å². The van der Waals surface area contributed by atoms with Crippen LogP contribution in [0.3, 0.4) is 0 Å². The van der Waals surface area contributed by atoms with Gasteiger partial charge >= 0.3 is 0 Å². The van der Waals surface area contributed by atoms with Gasteiger partial charge < -0.3 is 0 Å². The average molecular weight is 335 g/mol. The highest BCUT2D eigenvalue weighted by atomic mass is 16.2. The predicted molar refractivity (Wildman–Crippen MR) is 96.7 cm³/mol. The molecule has 0 aromatic heterocycles. The monoisotopic (exact) mass is 335 g/mol. The zero-order valence-corrected chi connectivity index (χ0v) is 14.5. The van der Waals surface area contributed by atoms with Crippen molar-refractivity contribution in [1.82, 2.24) is 0 Å². The quantitative estimate of drug-likeness (QED) is 0.600. The molecular formula is C22H25NO2. The summed E-state index contributed by atoms with van der Waals surface area (Å²) in [5.74, 6) is 2.22. The standard InChI is InChI=1S/C22H25NO2/c24-21-19-17-12-5-4-7-15(14-8-6-9-14)13-18(17)20(19)22(25)23(21)16-10-2-1-3-11-16/h1-4,7,10-11,14-15,17-20H,5-6,8-9,12-13H2/b7-4+/t15-,17?,18-,19+,20-/m1/s1. The van der Waals surface area contributed by atoms with E-state index in [4.69, 9.17) is 0 Å². The molecule has 3 fully saturated rings. The second kappa shape index (κ2) is 5.82. The molecule has 1 unspecified atom stereocenters. The molecule has 1 heterocycles. The third-order valence-electron chi connectivity index (χ3n) is 7.23. The Morgan fingerprint density at radius 3 is 2.28 bits per heavy atom. The lowest BCUT2D eigenvalue weighted by atomic mass is 9.52. The zero-order chi connectivity index (χ0) is 17.0. The van der Waals surface area contributed by atoms with Crippen molar-refractivity contribution in [3.05, 3.63) is 42.5 Å². The molecule has 5 atom stereocenters. The number of carbonyl (C=O) groups is 2. The lowest BCUT2D eigenvalue weighted by Crippen LogP contribution is -2.50. The first-order valence-electron chi connectivity index (χ1n) is 9.85. The van der Waals surface area contributed by atoms with Crippen molar-refractivity contribution in [3.63, 3.8) is 0 Å². The Labute approximate surface area is 149 Å². The molecule has 1 aromatic carbocycles. The van der Waals surface area contributed by atoms with Crippen LogP contribution in [0.15, 0.2) is 42.5 Å². The van der Waals surface area contributed by atoms with E-state index in [0.717, 1.165) is 30.9 Å². The number of fused-ring (bicyclic) bond motifs is 4. The van der Waals surface area contributed by atoms with Gasteiger partial charge in [0, 0.05) is 0 Å². The molecule has 25 heavy (non-hydrogen) atoms. The minimum absolute atomic E-state index is 0.0483. The number of nitrogens with zero attached hydrogens (tertiary/aromatic N) is 1. The first kappa shape index (κ1) is 15.4. The Morgan fingerprint density at radius 1 is 0.880 bits per heavy atom. The Kier molecular flexibility index (Phi) is 3.58. The van der Waals surface area contributed by atoms with Crippen LogP contribution < -0.4 is 4.90 Å².